The molecule has 6 nitrogen and oxygen atoms in total. The Balaban J connectivity index is 2.10. The van der Waals surface area contributed by atoms with Crippen LogP contribution in [0.3, 0.4) is 0 Å². The van der Waals surface area contributed by atoms with Crippen molar-refractivity contribution < 1.29 is 19.0 Å². The summed E-state index contributed by atoms with van der Waals surface area (Å²) in [5, 5.41) is 5.79. The lowest BCUT2D eigenvalue weighted by atomic mass is 9.92. The third-order valence-corrected chi connectivity index (χ3v) is 4.88. The summed E-state index contributed by atoms with van der Waals surface area (Å²) in [6.45, 7) is 8.51. The van der Waals surface area contributed by atoms with Gasteiger partial charge in [0.1, 0.15) is 22.8 Å². The third kappa shape index (κ3) is 4.33. The average molecular weight is 408 g/mol. The van der Waals surface area contributed by atoms with Crippen molar-refractivity contribution >= 4 is 23.2 Å². The van der Waals surface area contributed by atoms with E-state index in [-0.39, 0.29) is 12.5 Å². The second kappa shape index (κ2) is 8.63. The molecule has 2 aromatic rings. The van der Waals surface area contributed by atoms with Crippen LogP contribution < -0.4 is 24.8 Å². The fraction of sp³-hybridized carbons (Fsp3) is 0.292. The van der Waals surface area contributed by atoms with Crippen molar-refractivity contribution in [2.45, 2.75) is 19.4 Å². The van der Waals surface area contributed by atoms with E-state index < -0.39 is 5.60 Å². The quantitative estimate of drug-likeness (QED) is 0.722. The maximum Gasteiger partial charge on any atom is 0.238 e. The Bertz CT molecular complexity index is 1010. The molecule has 2 aromatic carbocycles. The Morgan fingerprint density at radius 3 is 2.53 bits per heavy atom. The van der Waals surface area contributed by atoms with Crippen molar-refractivity contribution in [1.82, 2.24) is 5.32 Å². The van der Waals surface area contributed by atoms with Crippen LogP contribution in [0.15, 0.2) is 43.0 Å². The Morgan fingerprint density at radius 1 is 1.13 bits per heavy atom. The van der Waals surface area contributed by atoms with Crippen molar-refractivity contribution in [3.05, 3.63) is 59.7 Å². The summed E-state index contributed by atoms with van der Waals surface area (Å²) in [6.07, 6.45) is 4.01. The zero-order valence-electron chi connectivity index (χ0n) is 18.1. The van der Waals surface area contributed by atoms with Crippen LogP contribution in [0.1, 0.15) is 30.5 Å². The highest BCUT2D eigenvalue weighted by Crippen LogP contribution is 2.44. The molecule has 30 heavy (non-hydrogen) atoms. The van der Waals surface area contributed by atoms with Gasteiger partial charge in [-0.1, -0.05) is 6.58 Å². The SMILES string of the molecule is C=C(c1ccc(OC)cc1NC(=O)CNC)c1ccc(OC)c2c1OC(C)(C)C=C2. The van der Waals surface area contributed by atoms with Crippen LogP contribution in [0.2, 0.25) is 0 Å². The Kier molecular flexibility index (Phi) is 6.17. The number of carbonyl (C=O) groups is 1. The second-order valence-corrected chi connectivity index (χ2v) is 7.57. The fourth-order valence-corrected chi connectivity index (χ4v) is 3.36. The second-order valence-electron chi connectivity index (χ2n) is 7.57. The summed E-state index contributed by atoms with van der Waals surface area (Å²) in [7, 11) is 4.95. The molecule has 0 saturated carbocycles. The molecule has 6 heteroatoms. The highest BCUT2D eigenvalue weighted by Gasteiger charge is 2.27. The summed E-state index contributed by atoms with van der Waals surface area (Å²) in [4.78, 5) is 12.2. The topological polar surface area (TPSA) is 68.8 Å². The summed E-state index contributed by atoms with van der Waals surface area (Å²) in [6, 6.07) is 9.34. The minimum Gasteiger partial charge on any atom is -0.497 e. The number of anilines is 1. The van der Waals surface area contributed by atoms with Gasteiger partial charge in [0.15, 0.2) is 0 Å². The first kappa shape index (κ1) is 21.5. The third-order valence-electron chi connectivity index (χ3n) is 4.88. The number of rotatable bonds is 7. The summed E-state index contributed by atoms with van der Waals surface area (Å²) in [5.41, 5.74) is 3.36. The maximum atomic E-state index is 12.2. The van der Waals surface area contributed by atoms with Gasteiger partial charge < -0.3 is 24.8 Å². The molecule has 0 radical (unpaired) electrons. The molecule has 2 N–H and O–H groups in total. The number of ether oxygens (including phenoxy) is 3. The minimum atomic E-state index is -0.460. The largest absolute Gasteiger partial charge is 0.497 e. The molecule has 0 fully saturated rings. The lowest BCUT2D eigenvalue weighted by molar-refractivity contribution is -0.115. The highest BCUT2D eigenvalue weighted by molar-refractivity contribution is 5.98. The van der Waals surface area contributed by atoms with E-state index in [0.717, 1.165) is 28.0 Å². The molecule has 1 aliphatic heterocycles. The monoisotopic (exact) mass is 408 g/mol. The lowest BCUT2D eigenvalue weighted by Crippen LogP contribution is -2.28. The Morgan fingerprint density at radius 2 is 1.87 bits per heavy atom. The molecule has 0 saturated heterocycles. The molecule has 0 aromatic heterocycles. The first-order chi connectivity index (χ1) is 14.3. The zero-order valence-corrected chi connectivity index (χ0v) is 18.1. The van der Waals surface area contributed by atoms with Gasteiger partial charge in [-0.2, -0.15) is 0 Å². The number of amides is 1. The van der Waals surface area contributed by atoms with Gasteiger partial charge in [-0.25, -0.2) is 0 Å². The summed E-state index contributed by atoms with van der Waals surface area (Å²) >= 11 is 0. The Hall–Kier alpha value is -3.25. The van der Waals surface area contributed by atoms with Crippen molar-refractivity contribution in [2.75, 3.05) is 33.1 Å². The van der Waals surface area contributed by atoms with E-state index >= 15 is 0 Å². The van der Waals surface area contributed by atoms with Gasteiger partial charge >= 0.3 is 0 Å². The van der Waals surface area contributed by atoms with Gasteiger partial charge in [0.05, 0.1) is 32.0 Å². The molecule has 0 aliphatic carbocycles. The van der Waals surface area contributed by atoms with E-state index in [1.54, 1.807) is 27.3 Å². The molecule has 158 valence electrons. The normalized spacial score (nSPS) is 13.8. The van der Waals surface area contributed by atoms with Gasteiger partial charge in [0, 0.05) is 17.2 Å². The van der Waals surface area contributed by atoms with Gasteiger partial charge in [0.25, 0.3) is 0 Å². The molecule has 1 aliphatic rings. The van der Waals surface area contributed by atoms with Gasteiger partial charge in [-0.15, -0.1) is 0 Å². The van der Waals surface area contributed by atoms with E-state index in [1.165, 1.54) is 0 Å². The van der Waals surface area contributed by atoms with Crippen molar-refractivity contribution in [3.63, 3.8) is 0 Å². The maximum absolute atomic E-state index is 12.2. The number of hydrogen-bond acceptors (Lipinski definition) is 5. The van der Waals surface area contributed by atoms with Crippen LogP contribution in [0.4, 0.5) is 5.69 Å². The van der Waals surface area contributed by atoms with E-state index in [1.807, 2.05) is 50.3 Å². The zero-order chi connectivity index (χ0) is 21.9. The van der Waals surface area contributed by atoms with E-state index in [0.29, 0.717) is 17.2 Å². The van der Waals surface area contributed by atoms with E-state index in [9.17, 15) is 4.79 Å². The van der Waals surface area contributed by atoms with Crippen LogP contribution >= 0.6 is 0 Å². The number of hydrogen-bond donors (Lipinski definition) is 2. The number of fused-ring (bicyclic) bond motifs is 1. The molecule has 0 unspecified atom stereocenters. The fourth-order valence-electron chi connectivity index (χ4n) is 3.36. The van der Waals surface area contributed by atoms with Crippen molar-refractivity contribution in [3.8, 4) is 17.2 Å². The number of nitrogens with one attached hydrogen (secondary N) is 2. The average Bonchev–Trinajstić information content (AvgIpc) is 2.71. The Labute approximate surface area is 177 Å². The number of benzene rings is 2. The van der Waals surface area contributed by atoms with Crippen LogP contribution in [0.5, 0.6) is 17.2 Å². The van der Waals surface area contributed by atoms with Crippen molar-refractivity contribution in [2.24, 2.45) is 0 Å². The molecule has 0 atom stereocenters. The molecular weight excluding hydrogens is 380 g/mol. The number of methoxy groups -OCH3 is 2. The van der Waals surface area contributed by atoms with Gasteiger partial charge in [0.2, 0.25) is 5.91 Å². The first-order valence-corrected chi connectivity index (χ1v) is 9.71. The van der Waals surface area contributed by atoms with Gasteiger partial charge in [-0.05, 0) is 62.9 Å². The predicted octanol–water partition coefficient (Wildman–Crippen LogP) is 4.11. The standard InChI is InChI=1S/C24H28N2O4/c1-15(17-8-7-16(28-5)13-20(17)26-22(27)14-25-4)18-9-10-21(29-6)19-11-12-24(2,3)30-23(18)19/h7-13,25H,1,14H2,2-6H3,(H,26,27). The first-order valence-electron chi connectivity index (χ1n) is 9.71. The minimum absolute atomic E-state index is 0.156. The van der Waals surface area contributed by atoms with Crippen LogP contribution in [-0.2, 0) is 4.79 Å². The number of likely N-dealkylation sites (N-methyl/N-ethyl adjacent to an activating group) is 1. The molecular formula is C24H28N2O4. The lowest BCUT2D eigenvalue weighted by Gasteiger charge is -2.31. The smallest absolute Gasteiger partial charge is 0.238 e. The van der Waals surface area contributed by atoms with E-state index in [4.69, 9.17) is 14.2 Å². The van der Waals surface area contributed by atoms with Crippen molar-refractivity contribution in [1.29, 1.82) is 0 Å². The van der Waals surface area contributed by atoms with Gasteiger partial charge in [-0.3, -0.25) is 4.79 Å². The molecule has 0 spiro atoms. The molecule has 1 heterocycles. The summed E-state index contributed by atoms with van der Waals surface area (Å²) < 4.78 is 17.1. The molecule has 0 bridgehead atoms. The molecule has 3 rings (SSSR count). The predicted molar refractivity (Wildman–Crippen MR) is 120 cm³/mol. The van der Waals surface area contributed by atoms with Crippen LogP contribution in [-0.4, -0.2) is 39.3 Å². The molecule has 1 amide bonds. The van der Waals surface area contributed by atoms with Crippen LogP contribution in [0, 0.1) is 0 Å². The summed E-state index contributed by atoms with van der Waals surface area (Å²) in [5.74, 6) is 1.92. The number of carbonyl (C=O) groups excluding carboxylic acids is 1. The van der Waals surface area contributed by atoms with Crippen LogP contribution in [0.25, 0.3) is 11.6 Å². The van der Waals surface area contributed by atoms with E-state index in [2.05, 4.69) is 17.2 Å². The highest BCUT2D eigenvalue weighted by atomic mass is 16.5.